The lowest BCUT2D eigenvalue weighted by atomic mass is 9.87. The van der Waals surface area contributed by atoms with E-state index in [1.165, 1.54) is 11.4 Å². The van der Waals surface area contributed by atoms with Gasteiger partial charge in [0.2, 0.25) is 0 Å². The minimum atomic E-state index is -3.74. The Bertz CT molecular complexity index is 1620. The lowest BCUT2D eigenvalue weighted by Crippen LogP contribution is -2.26. The van der Waals surface area contributed by atoms with E-state index in [0.717, 1.165) is 11.1 Å². The molecule has 0 heterocycles. The molecule has 7 nitrogen and oxygen atoms in total. The number of nitrogens with one attached hydrogen (secondary N) is 2. The minimum Gasteiger partial charge on any atom is -0.322 e. The zero-order valence-electron chi connectivity index (χ0n) is 23.2. The Kier molecular flexibility index (Phi) is 8.11. The molecule has 4 rings (SSSR count). The van der Waals surface area contributed by atoms with E-state index in [1.54, 1.807) is 84.9 Å². The van der Waals surface area contributed by atoms with E-state index in [-0.39, 0.29) is 22.1 Å². The summed E-state index contributed by atoms with van der Waals surface area (Å²) in [6.07, 6.45) is 0. The van der Waals surface area contributed by atoms with Gasteiger partial charge >= 0.3 is 0 Å². The summed E-state index contributed by atoms with van der Waals surface area (Å²) in [7, 11) is -2.26. The monoisotopic (exact) mass is 555 g/mol. The summed E-state index contributed by atoms with van der Waals surface area (Å²) in [5, 5.41) is 5.69. The normalized spacial score (nSPS) is 11.5. The van der Waals surface area contributed by atoms with Crippen molar-refractivity contribution in [1.29, 1.82) is 0 Å². The van der Waals surface area contributed by atoms with Crippen LogP contribution in [0.2, 0.25) is 0 Å². The molecule has 0 radical (unpaired) electrons. The van der Waals surface area contributed by atoms with Gasteiger partial charge in [-0.3, -0.25) is 13.9 Å². The maximum absolute atomic E-state index is 13.0. The Balaban J connectivity index is 1.41. The molecule has 0 bridgehead atoms. The van der Waals surface area contributed by atoms with Crippen LogP contribution in [-0.2, 0) is 15.4 Å². The van der Waals surface area contributed by atoms with Gasteiger partial charge in [-0.05, 0) is 84.6 Å². The second kappa shape index (κ2) is 11.4. The average molecular weight is 556 g/mol. The van der Waals surface area contributed by atoms with Gasteiger partial charge in [-0.15, -0.1) is 0 Å². The van der Waals surface area contributed by atoms with E-state index >= 15 is 0 Å². The van der Waals surface area contributed by atoms with E-state index in [4.69, 9.17) is 0 Å². The molecular formula is C32H33N3O4S. The van der Waals surface area contributed by atoms with E-state index < -0.39 is 10.0 Å². The molecule has 0 aliphatic carbocycles. The molecule has 0 saturated carbocycles. The van der Waals surface area contributed by atoms with Crippen molar-refractivity contribution < 1.29 is 18.0 Å². The van der Waals surface area contributed by atoms with E-state index in [0.29, 0.717) is 28.2 Å². The number of carbonyl (C=O) groups is 2. The number of benzene rings is 4. The fourth-order valence-electron chi connectivity index (χ4n) is 4.03. The zero-order valence-corrected chi connectivity index (χ0v) is 24.0. The topological polar surface area (TPSA) is 95.6 Å². The van der Waals surface area contributed by atoms with Crippen LogP contribution in [0.15, 0.2) is 102 Å². The first-order valence-electron chi connectivity index (χ1n) is 12.8. The molecule has 0 atom stereocenters. The second-order valence-corrected chi connectivity index (χ2v) is 12.6. The maximum Gasteiger partial charge on any atom is 0.264 e. The molecule has 0 aromatic heterocycles. The van der Waals surface area contributed by atoms with Crippen molar-refractivity contribution in [2.24, 2.45) is 0 Å². The second-order valence-electron chi connectivity index (χ2n) is 10.6. The van der Waals surface area contributed by atoms with Gasteiger partial charge in [0.05, 0.1) is 10.6 Å². The van der Waals surface area contributed by atoms with E-state index in [2.05, 4.69) is 31.4 Å². The third-order valence-corrected chi connectivity index (χ3v) is 8.36. The van der Waals surface area contributed by atoms with Gasteiger partial charge in [-0.1, -0.05) is 56.7 Å². The Labute approximate surface area is 235 Å². The number of aryl methyl sites for hydroxylation is 1. The summed E-state index contributed by atoms with van der Waals surface area (Å²) in [4.78, 5) is 25.8. The molecule has 0 unspecified atom stereocenters. The minimum absolute atomic E-state index is 0.00306. The Morgan fingerprint density at radius 3 is 1.65 bits per heavy atom. The average Bonchev–Trinajstić information content (AvgIpc) is 2.92. The predicted octanol–water partition coefficient (Wildman–Crippen LogP) is 6.62. The van der Waals surface area contributed by atoms with Crippen molar-refractivity contribution >= 4 is 38.9 Å². The molecular weight excluding hydrogens is 522 g/mol. The van der Waals surface area contributed by atoms with E-state index in [1.807, 2.05) is 19.1 Å². The van der Waals surface area contributed by atoms with Gasteiger partial charge in [0.1, 0.15) is 0 Å². The summed E-state index contributed by atoms with van der Waals surface area (Å²) in [6.45, 7) is 8.24. The van der Waals surface area contributed by atoms with Crippen molar-refractivity contribution in [1.82, 2.24) is 0 Å². The van der Waals surface area contributed by atoms with Crippen molar-refractivity contribution in [2.45, 2.75) is 38.0 Å². The highest BCUT2D eigenvalue weighted by atomic mass is 32.2. The number of hydrogen-bond donors (Lipinski definition) is 2. The first kappa shape index (κ1) is 28.6. The van der Waals surface area contributed by atoms with E-state index in [9.17, 15) is 18.0 Å². The van der Waals surface area contributed by atoms with Crippen molar-refractivity contribution in [2.75, 3.05) is 22.0 Å². The van der Waals surface area contributed by atoms with Crippen LogP contribution in [0.25, 0.3) is 0 Å². The van der Waals surface area contributed by atoms with Crippen molar-refractivity contribution in [3.05, 3.63) is 119 Å². The highest BCUT2D eigenvalue weighted by Crippen LogP contribution is 2.25. The number of anilines is 3. The number of nitrogens with zero attached hydrogens (tertiary/aromatic N) is 1. The number of carbonyl (C=O) groups excluding carboxylic acids is 2. The highest BCUT2D eigenvalue weighted by Gasteiger charge is 2.21. The molecule has 4 aromatic carbocycles. The molecule has 0 aliphatic heterocycles. The van der Waals surface area contributed by atoms with Gasteiger partial charge in [0.25, 0.3) is 21.8 Å². The van der Waals surface area contributed by atoms with Crippen LogP contribution < -0.4 is 14.9 Å². The Hall–Kier alpha value is -4.43. The number of amides is 2. The van der Waals surface area contributed by atoms with Crippen molar-refractivity contribution in [3.8, 4) is 0 Å². The lowest BCUT2D eigenvalue weighted by Gasteiger charge is -2.20. The van der Waals surface area contributed by atoms with Crippen LogP contribution in [-0.4, -0.2) is 27.3 Å². The van der Waals surface area contributed by atoms with Crippen LogP contribution in [0, 0.1) is 6.92 Å². The fraction of sp³-hybridized carbons (Fsp3) is 0.188. The Morgan fingerprint density at radius 1 is 0.700 bits per heavy atom. The molecule has 8 heteroatoms. The third kappa shape index (κ3) is 6.58. The molecule has 206 valence electrons. The molecule has 0 spiro atoms. The number of rotatable bonds is 7. The standard InChI is InChI=1S/C32H33N3O4S/c1-22-9-19-29(20-10-22)40(38,39)35(5)28-17-13-24(14-18-28)31(37)34-27-8-6-7-26(21-27)33-30(36)23-11-15-25(16-12-23)32(2,3)4/h6-21H,1-5H3,(H,33,36)(H,34,37). The van der Waals surface area contributed by atoms with Crippen molar-refractivity contribution in [3.63, 3.8) is 0 Å². The largest absolute Gasteiger partial charge is 0.322 e. The first-order chi connectivity index (χ1) is 18.8. The van der Waals surface area contributed by atoms with Crippen LogP contribution in [0.3, 0.4) is 0 Å². The van der Waals surface area contributed by atoms with Gasteiger partial charge in [0.15, 0.2) is 0 Å². The smallest absolute Gasteiger partial charge is 0.264 e. The summed E-state index contributed by atoms with van der Waals surface area (Å²) in [5.74, 6) is -0.610. The Morgan fingerprint density at radius 2 is 1.18 bits per heavy atom. The summed E-state index contributed by atoms with van der Waals surface area (Å²) in [5.41, 5.74) is 4.48. The number of sulfonamides is 1. The van der Waals surface area contributed by atoms with Crippen LogP contribution in [0.1, 0.15) is 52.6 Å². The van der Waals surface area contributed by atoms with Crippen LogP contribution in [0.4, 0.5) is 17.1 Å². The lowest BCUT2D eigenvalue weighted by molar-refractivity contribution is 0.101. The summed E-state index contributed by atoms with van der Waals surface area (Å²) >= 11 is 0. The molecule has 0 fully saturated rings. The molecule has 0 aliphatic rings. The molecule has 0 saturated heterocycles. The zero-order chi connectivity index (χ0) is 29.1. The molecule has 2 amide bonds. The van der Waals surface area contributed by atoms with Gasteiger partial charge in [-0.2, -0.15) is 0 Å². The van der Waals surface area contributed by atoms with Crippen LogP contribution in [0.5, 0.6) is 0 Å². The highest BCUT2D eigenvalue weighted by molar-refractivity contribution is 7.92. The molecule has 2 N–H and O–H groups in total. The predicted molar refractivity (Wildman–Crippen MR) is 161 cm³/mol. The summed E-state index contributed by atoms with van der Waals surface area (Å²) in [6, 6.07) is 27.3. The SMILES string of the molecule is Cc1ccc(S(=O)(=O)N(C)c2ccc(C(=O)Nc3cccc(NC(=O)c4ccc(C(C)(C)C)cc4)c3)cc2)cc1. The van der Waals surface area contributed by atoms with Gasteiger partial charge in [-0.25, -0.2) is 8.42 Å². The fourth-order valence-corrected chi connectivity index (χ4v) is 5.23. The molecule has 4 aromatic rings. The third-order valence-electron chi connectivity index (χ3n) is 6.56. The van der Waals surface area contributed by atoms with Gasteiger partial charge in [0, 0.05) is 29.5 Å². The van der Waals surface area contributed by atoms with Crippen LogP contribution >= 0.6 is 0 Å². The maximum atomic E-state index is 13.0. The van der Waals surface area contributed by atoms with Gasteiger partial charge < -0.3 is 10.6 Å². The first-order valence-corrected chi connectivity index (χ1v) is 14.3. The summed E-state index contributed by atoms with van der Waals surface area (Å²) < 4.78 is 27.1. The quantitative estimate of drug-likeness (QED) is 0.268. The number of hydrogen-bond acceptors (Lipinski definition) is 4. The molecule has 40 heavy (non-hydrogen) atoms.